The Bertz CT molecular complexity index is 1010. The van der Waals surface area contributed by atoms with Crippen molar-refractivity contribution < 1.29 is 14.1 Å². The normalized spacial score (nSPS) is 14.4. The number of carbonyl (C=O) groups excluding carboxylic acids is 1. The van der Waals surface area contributed by atoms with Crippen LogP contribution in [0.5, 0.6) is 5.75 Å². The molecule has 168 valence electrons. The molecule has 1 aliphatic heterocycles. The fraction of sp³-hybridized carbons (Fsp3) is 0.385. The standard InChI is InChI=1S/C26H31N3O3/c1-18-12-14-29(15-13-18)23-8-6-22(7-9-23)27-26(30)16-21-4-10-24(11-5-21)31-17-25-19(2)28-32-20(25)3/h4-11,18H,12-17H2,1-3H3,(H,27,30). The molecular formula is C26H31N3O3. The molecule has 1 aliphatic rings. The van der Waals surface area contributed by atoms with Crippen molar-refractivity contribution in [1.82, 2.24) is 5.16 Å². The zero-order chi connectivity index (χ0) is 22.5. The van der Waals surface area contributed by atoms with E-state index in [2.05, 4.69) is 34.4 Å². The van der Waals surface area contributed by atoms with Gasteiger partial charge < -0.3 is 19.5 Å². The van der Waals surface area contributed by atoms with Gasteiger partial charge >= 0.3 is 0 Å². The summed E-state index contributed by atoms with van der Waals surface area (Å²) < 4.78 is 11.0. The van der Waals surface area contributed by atoms with Crippen LogP contribution in [0.3, 0.4) is 0 Å². The number of aryl methyl sites for hydroxylation is 2. The number of hydrogen-bond donors (Lipinski definition) is 1. The van der Waals surface area contributed by atoms with Gasteiger partial charge in [0.1, 0.15) is 18.1 Å². The highest BCUT2D eigenvalue weighted by Gasteiger charge is 2.16. The number of nitrogens with one attached hydrogen (secondary N) is 1. The summed E-state index contributed by atoms with van der Waals surface area (Å²) in [7, 11) is 0. The molecule has 6 heteroatoms. The van der Waals surface area contributed by atoms with Crippen molar-refractivity contribution in [3.05, 3.63) is 71.1 Å². The van der Waals surface area contributed by atoms with Gasteiger partial charge in [0.25, 0.3) is 0 Å². The number of aromatic nitrogens is 1. The number of piperidine rings is 1. The van der Waals surface area contributed by atoms with Gasteiger partial charge in [-0.2, -0.15) is 0 Å². The molecule has 0 radical (unpaired) electrons. The molecule has 0 spiro atoms. The van der Waals surface area contributed by atoms with Crippen LogP contribution in [0.2, 0.25) is 0 Å². The molecule has 2 heterocycles. The van der Waals surface area contributed by atoms with Crippen molar-refractivity contribution in [3.8, 4) is 5.75 Å². The molecule has 2 aromatic carbocycles. The first-order valence-corrected chi connectivity index (χ1v) is 11.3. The topological polar surface area (TPSA) is 67.6 Å². The van der Waals surface area contributed by atoms with Crippen LogP contribution in [0.1, 0.15) is 42.3 Å². The van der Waals surface area contributed by atoms with Crippen molar-refractivity contribution >= 4 is 17.3 Å². The van der Waals surface area contributed by atoms with Gasteiger partial charge in [0.15, 0.2) is 0 Å². The summed E-state index contributed by atoms with van der Waals surface area (Å²) in [6.45, 7) is 8.71. The molecule has 0 aliphatic carbocycles. The molecule has 32 heavy (non-hydrogen) atoms. The minimum Gasteiger partial charge on any atom is -0.489 e. The second-order valence-corrected chi connectivity index (χ2v) is 8.68. The van der Waals surface area contributed by atoms with Gasteiger partial charge in [-0.1, -0.05) is 24.2 Å². The third-order valence-electron chi connectivity index (χ3n) is 6.15. The van der Waals surface area contributed by atoms with E-state index in [0.29, 0.717) is 13.0 Å². The summed E-state index contributed by atoms with van der Waals surface area (Å²) in [5, 5.41) is 6.93. The van der Waals surface area contributed by atoms with E-state index < -0.39 is 0 Å². The Hall–Kier alpha value is -3.28. The minimum absolute atomic E-state index is 0.0334. The van der Waals surface area contributed by atoms with E-state index in [0.717, 1.165) is 53.0 Å². The quantitative estimate of drug-likeness (QED) is 0.548. The zero-order valence-electron chi connectivity index (χ0n) is 19.1. The second-order valence-electron chi connectivity index (χ2n) is 8.68. The zero-order valence-corrected chi connectivity index (χ0v) is 19.1. The number of carbonyl (C=O) groups is 1. The summed E-state index contributed by atoms with van der Waals surface area (Å²) >= 11 is 0. The van der Waals surface area contributed by atoms with Crippen LogP contribution in [-0.2, 0) is 17.8 Å². The highest BCUT2D eigenvalue weighted by Crippen LogP contribution is 2.24. The lowest BCUT2D eigenvalue weighted by atomic mass is 9.99. The average molecular weight is 434 g/mol. The summed E-state index contributed by atoms with van der Waals surface area (Å²) in [4.78, 5) is 14.9. The molecule has 0 saturated carbocycles. The molecule has 1 amide bonds. The number of anilines is 2. The van der Waals surface area contributed by atoms with E-state index in [1.807, 2.05) is 50.2 Å². The van der Waals surface area contributed by atoms with Gasteiger partial charge in [-0.25, -0.2) is 0 Å². The molecule has 1 saturated heterocycles. The highest BCUT2D eigenvalue weighted by atomic mass is 16.5. The number of ether oxygens (including phenoxy) is 1. The largest absolute Gasteiger partial charge is 0.489 e. The molecule has 3 aromatic rings. The molecule has 4 rings (SSSR count). The van der Waals surface area contributed by atoms with E-state index in [1.165, 1.54) is 18.5 Å². The van der Waals surface area contributed by atoms with Gasteiger partial charge in [0, 0.05) is 24.5 Å². The Morgan fingerprint density at radius 3 is 2.41 bits per heavy atom. The fourth-order valence-electron chi connectivity index (χ4n) is 3.98. The number of hydrogen-bond acceptors (Lipinski definition) is 5. The van der Waals surface area contributed by atoms with Gasteiger partial charge in [-0.05, 0) is 74.6 Å². The van der Waals surface area contributed by atoms with Gasteiger partial charge in [0.2, 0.25) is 5.91 Å². The van der Waals surface area contributed by atoms with Crippen LogP contribution in [0.25, 0.3) is 0 Å². The third-order valence-corrected chi connectivity index (χ3v) is 6.15. The summed E-state index contributed by atoms with van der Waals surface area (Å²) in [6.07, 6.45) is 2.79. The lowest BCUT2D eigenvalue weighted by Gasteiger charge is -2.32. The molecule has 0 unspecified atom stereocenters. The van der Waals surface area contributed by atoms with Crippen LogP contribution in [0.4, 0.5) is 11.4 Å². The maximum absolute atomic E-state index is 12.5. The van der Waals surface area contributed by atoms with Gasteiger partial charge in [-0.3, -0.25) is 4.79 Å². The Morgan fingerprint density at radius 2 is 1.78 bits per heavy atom. The number of rotatable bonds is 7. The van der Waals surface area contributed by atoms with Crippen LogP contribution in [-0.4, -0.2) is 24.2 Å². The smallest absolute Gasteiger partial charge is 0.228 e. The monoisotopic (exact) mass is 433 g/mol. The molecular weight excluding hydrogens is 402 g/mol. The van der Waals surface area contributed by atoms with E-state index in [9.17, 15) is 4.79 Å². The van der Waals surface area contributed by atoms with Crippen molar-refractivity contribution in [3.63, 3.8) is 0 Å². The van der Waals surface area contributed by atoms with Gasteiger partial charge in [0.05, 0.1) is 17.7 Å². The van der Waals surface area contributed by atoms with Crippen molar-refractivity contribution in [2.24, 2.45) is 5.92 Å². The predicted octanol–water partition coefficient (Wildman–Crippen LogP) is 5.29. The van der Waals surface area contributed by atoms with E-state index in [-0.39, 0.29) is 5.91 Å². The van der Waals surface area contributed by atoms with Crippen LogP contribution >= 0.6 is 0 Å². The number of amides is 1. The van der Waals surface area contributed by atoms with Crippen molar-refractivity contribution in [2.75, 3.05) is 23.3 Å². The molecule has 1 aromatic heterocycles. The summed E-state index contributed by atoms with van der Waals surface area (Å²) in [6, 6.07) is 15.8. The first kappa shape index (κ1) is 21.9. The lowest BCUT2D eigenvalue weighted by Crippen LogP contribution is -2.32. The third kappa shape index (κ3) is 5.49. The SMILES string of the molecule is Cc1noc(C)c1COc1ccc(CC(=O)Nc2ccc(N3CCC(C)CC3)cc2)cc1. The van der Waals surface area contributed by atoms with Crippen molar-refractivity contribution in [1.29, 1.82) is 0 Å². The van der Waals surface area contributed by atoms with Crippen LogP contribution < -0.4 is 15.0 Å². The summed E-state index contributed by atoms with van der Waals surface area (Å²) in [5.41, 5.74) is 4.79. The van der Waals surface area contributed by atoms with Crippen LogP contribution in [0, 0.1) is 19.8 Å². The predicted molar refractivity (Wildman–Crippen MR) is 126 cm³/mol. The van der Waals surface area contributed by atoms with Gasteiger partial charge in [-0.15, -0.1) is 0 Å². The second kappa shape index (κ2) is 9.90. The first-order valence-electron chi connectivity index (χ1n) is 11.3. The average Bonchev–Trinajstić information content (AvgIpc) is 3.11. The van der Waals surface area contributed by atoms with Crippen molar-refractivity contribution in [2.45, 2.75) is 46.6 Å². The Balaban J connectivity index is 1.26. The Morgan fingerprint density at radius 1 is 1.09 bits per heavy atom. The van der Waals surface area contributed by atoms with E-state index in [1.54, 1.807) is 0 Å². The maximum atomic E-state index is 12.5. The minimum atomic E-state index is -0.0334. The molecule has 1 N–H and O–H groups in total. The number of nitrogens with zero attached hydrogens (tertiary/aromatic N) is 2. The maximum Gasteiger partial charge on any atom is 0.228 e. The molecule has 0 bridgehead atoms. The molecule has 0 atom stereocenters. The summed E-state index contributed by atoms with van der Waals surface area (Å²) in [5.74, 6) is 2.30. The Kier molecular flexibility index (Phi) is 6.78. The Labute approximate surface area is 189 Å². The molecule has 6 nitrogen and oxygen atoms in total. The first-order chi connectivity index (χ1) is 15.5. The lowest BCUT2D eigenvalue weighted by molar-refractivity contribution is -0.115. The van der Waals surface area contributed by atoms with Crippen LogP contribution in [0.15, 0.2) is 53.1 Å². The fourth-order valence-corrected chi connectivity index (χ4v) is 3.98. The van der Waals surface area contributed by atoms with E-state index >= 15 is 0 Å². The number of benzene rings is 2. The molecule has 1 fully saturated rings. The highest BCUT2D eigenvalue weighted by molar-refractivity contribution is 5.92. The van der Waals surface area contributed by atoms with E-state index in [4.69, 9.17) is 9.26 Å².